The summed E-state index contributed by atoms with van der Waals surface area (Å²) in [6.45, 7) is 0. The normalized spacial score (nSPS) is 10.7. The molecule has 1 amide bonds. The number of anilines is 1. The molecule has 0 radical (unpaired) electrons. The van der Waals surface area contributed by atoms with E-state index in [1.54, 1.807) is 42.3 Å². The molecule has 4 rings (SSSR count). The number of carbonyl (C=O) groups is 1. The van der Waals surface area contributed by atoms with Gasteiger partial charge >= 0.3 is 0 Å². The fourth-order valence-corrected chi connectivity index (χ4v) is 2.57. The first kappa shape index (κ1) is 15.8. The maximum atomic E-state index is 12.2. The van der Waals surface area contributed by atoms with E-state index < -0.39 is 0 Å². The van der Waals surface area contributed by atoms with E-state index in [4.69, 9.17) is 4.74 Å². The Morgan fingerprint density at radius 1 is 1.12 bits per heavy atom. The number of ether oxygens (including phenoxy) is 1. The molecule has 7 nitrogen and oxygen atoms in total. The highest BCUT2D eigenvalue weighted by Gasteiger charge is 2.10. The highest BCUT2D eigenvalue weighted by Crippen LogP contribution is 2.22. The van der Waals surface area contributed by atoms with E-state index in [0.29, 0.717) is 17.0 Å². The zero-order valence-electron chi connectivity index (χ0n) is 14.0. The van der Waals surface area contributed by atoms with Crippen molar-refractivity contribution >= 4 is 17.4 Å². The number of pyridine rings is 1. The highest BCUT2D eigenvalue weighted by molar-refractivity contribution is 6.03. The van der Waals surface area contributed by atoms with Gasteiger partial charge in [-0.25, -0.2) is 9.50 Å². The van der Waals surface area contributed by atoms with E-state index in [-0.39, 0.29) is 5.91 Å². The third kappa shape index (κ3) is 3.10. The molecule has 3 aromatic heterocycles. The summed E-state index contributed by atoms with van der Waals surface area (Å²) < 4.78 is 6.89. The van der Waals surface area contributed by atoms with Crippen molar-refractivity contribution in [3.05, 3.63) is 72.7 Å². The number of hydrogen-bond acceptors (Lipinski definition) is 5. The first-order valence-electron chi connectivity index (χ1n) is 7.95. The summed E-state index contributed by atoms with van der Waals surface area (Å²) in [5.41, 5.74) is 2.87. The minimum atomic E-state index is -0.246. The molecular weight excluding hydrogens is 330 g/mol. The minimum absolute atomic E-state index is 0.246. The number of amides is 1. The predicted molar refractivity (Wildman–Crippen MR) is 97.2 cm³/mol. The molecule has 0 unspecified atom stereocenters. The Morgan fingerprint density at radius 3 is 2.77 bits per heavy atom. The van der Waals surface area contributed by atoms with Crippen LogP contribution in [0.4, 0.5) is 5.82 Å². The van der Waals surface area contributed by atoms with Gasteiger partial charge in [0.2, 0.25) is 0 Å². The van der Waals surface area contributed by atoms with Gasteiger partial charge < -0.3 is 10.1 Å². The number of fused-ring (bicyclic) bond motifs is 1. The monoisotopic (exact) mass is 345 g/mol. The van der Waals surface area contributed by atoms with Crippen LogP contribution in [0.1, 0.15) is 10.4 Å². The standard InChI is InChI=1S/C19H15N5O2/c1-26-15-4-2-3-14(11-15)16-5-6-18-21-17(12-24(18)23-16)22-19(25)13-7-9-20-10-8-13/h2-12H,1H3,(H,22,25). The van der Waals surface area contributed by atoms with E-state index in [1.807, 2.05) is 36.4 Å². The molecule has 3 heterocycles. The number of methoxy groups -OCH3 is 1. The van der Waals surface area contributed by atoms with Crippen LogP contribution in [-0.4, -0.2) is 32.6 Å². The number of carbonyl (C=O) groups excluding carboxylic acids is 1. The van der Waals surface area contributed by atoms with Gasteiger partial charge in [-0.3, -0.25) is 9.78 Å². The fourth-order valence-electron chi connectivity index (χ4n) is 2.57. The Kier molecular flexibility index (Phi) is 4.03. The molecule has 0 aliphatic rings. The van der Waals surface area contributed by atoms with Crippen molar-refractivity contribution in [2.75, 3.05) is 12.4 Å². The van der Waals surface area contributed by atoms with Crippen molar-refractivity contribution in [2.24, 2.45) is 0 Å². The number of benzene rings is 1. The topological polar surface area (TPSA) is 81.4 Å². The zero-order valence-corrected chi connectivity index (χ0v) is 14.0. The number of hydrogen-bond donors (Lipinski definition) is 1. The van der Waals surface area contributed by atoms with Crippen LogP contribution in [0.3, 0.4) is 0 Å². The zero-order chi connectivity index (χ0) is 17.9. The maximum Gasteiger partial charge on any atom is 0.256 e. The van der Waals surface area contributed by atoms with Crippen LogP contribution in [0.25, 0.3) is 16.9 Å². The third-order valence-corrected chi connectivity index (χ3v) is 3.87. The van der Waals surface area contributed by atoms with E-state index in [0.717, 1.165) is 17.0 Å². The van der Waals surface area contributed by atoms with Crippen LogP contribution in [0, 0.1) is 0 Å². The number of nitrogens with one attached hydrogen (secondary N) is 1. The average molecular weight is 345 g/mol. The van der Waals surface area contributed by atoms with Gasteiger partial charge in [-0.1, -0.05) is 12.1 Å². The summed E-state index contributed by atoms with van der Waals surface area (Å²) in [6.07, 6.45) is 4.82. The van der Waals surface area contributed by atoms with E-state index >= 15 is 0 Å². The second kappa shape index (κ2) is 6.64. The lowest BCUT2D eigenvalue weighted by atomic mass is 10.1. The Hall–Kier alpha value is -3.74. The average Bonchev–Trinajstić information content (AvgIpc) is 3.10. The summed E-state index contributed by atoms with van der Waals surface area (Å²) in [6, 6.07) is 14.7. The van der Waals surface area contributed by atoms with Gasteiger partial charge in [-0.05, 0) is 36.4 Å². The lowest BCUT2D eigenvalue weighted by molar-refractivity contribution is 0.102. The summed E-state index contributed by atoms with van der Waals surface area (Å²) in [7, 11) is 1.63. The third-order valence-electron chi connectivity index (χ3n) is 3.87. The molecule has 0 spiro atoms. The molecular formula is C19H15N5O2. The molecule has 0 saturated heterocycles. The Bertz CT molecular complexity index is 1080. The lowest BCUT2D eigenvalue weighted by Gasteiger charge is -2.04. The summed E-state index contributed by atoms with van der Waals surface area (Å²) >= 11 is 0. The smallest absolute Gasteiger partial charge is 0.256 e. The molecule has 0 atom stereocenters. The number of aromatic nitrogens is 4. The summed E-state index contributed by atoms with van der Waals surface area (Å²) in [5.74, 6) is 0.950. The largest absolute Gasteiger partial charge is 0.497 e. The van der Waals surface area contributed by atoms with Crippen molar-refractivity contribution in [1.29, 1.82) is 0 Å². The quantitative estimate of drug-likeness (QED) is 0.615. The molecule has 1 aromatic carbocycles. The van der Waals surface area contributed by atoms with Crippen molar-refractivity contribution in [2.45, 2.75) is 0 Å². The molecule has 0 saturated carbocycles. The van der Waals surface area contributed by atoms with Crippen LogP contribution in [0.15, 0.2) is 67.1 Å². The number of imidazole rings is 1. The molecule has 26 heavy (non-hydrogen) atoms. The molecule has 0 bridgehead atoms. The predicted octanol–water partition coefficient (Wildman–Crippen LogP) is 3.05. The molecule has 0 fully saturated rings. The number of rotatable bonds is 4. The van der Waals surface area contributed by atoms with E-state index in [1.165, 1.54) is 0 Å². The lowest BCUT2D eigenvalue weighted by Crippen LogP contribution is -2.11. The fraction of sp³-hybridized carbons (Fsp3) is 0.0526. The van der Waals surface area contributed by atoms with Gasteiger partial charge in [-0.15, -0.1) is 0 Å². The molecule has 0 aliphatic heterocycles. The molecule has 0 aliphatic carbocycles. The van der Waals surface area contributed by atoms with Gasteiger partial charge in [0.05, 0.1) is 19.0 Å². The van der Waals surface area contributed by atoms with Crippen LogP contribution >= 0.6 is 0 Å². The van der Waals surface area contributed by atoms with Gasteiger partial charge in [-0.2, -0.15) is 5.10 Å². The Morgan fingerprint density at radius 2 is 1.96 bits per heavy atom. The maximum absolute atomic E-state index is 12.2. The van der Waals surface area contributed by atoms with Crippen LogP contribution in [0.5, 0.6) is 5.75 Å². The Labute approximate surface area is 149 Å². The van der Waals surface area contributed by atoms with Crippen molar-refractivity contribution in [3.63, 3.8) is 0 Å². The van der Waals surface area contributed by atoms with Crippen molar-refractivity contribution < 1.29 is 9.53 Å². The SMILES string of the molecule is COc1cccc(-c2ccc3nc(NC(=O)c4ccncc4)cn3n2)c1. The second-order valence-corrected chi connectivity index (χ2v) is 5.57. The van der Waals surface area contributed by atoms with Crippen molar-refractivity contribution in [3.8, 4) is 17.0 Å². The van der Waals surface area contributed by atoms with E-state index in [9.17, 15) is 4.79 Å². The van der Waals surface area contributed by atoms with Crippen LogP contribution in [0.2, 0.25) is 0 Å². The van der Waals surface area contributed by atoms with Crippen LogP contribution < -0.4 is 10.1 Å². The van der Waals surface area contributed by atoms with Gasteiger partial charge in [0.15, 0.2) is 11.5 Å². The van der Waals surface area contributed by atoms with E-state index in [2.05, 4.69) is 20.4 Å². The minimum Gasteiger partial charge on any atom is -0.497 e. The summed E-state index contributed by atoms with van der Waals surface area (Å²) in [4.78, 5) is 20.5. The molecule has 4 aromatic rings. The summed E-state index contributed by atoms with van der Waals surface area (Å²) in [5, 5.41) is 7.33. The highest BCUT2D eigenvalue weighted by atomic mass is 16.5. The molecule has 128 valence electrons. The second-order valence-electron chi connectivity index (χ2n) is 5.57. The van der Waals surface area contributed by atoms with Gasteiger partial charge in [0.25, 0.3) is 5.91 Å². The van der Waals surface area contributed by atoms with Crippen LogP contribution in [-0.2, 0) is 0 Å². The first-order valence-corrected chi connectivity index (χ1v) is 7.95. The molecule has 1 N–H and O–H groups in total. The van der Waals surface area contributed by atoms with Crippen molar-refractivity contribution in [1.82, 2.24) is 19.6 Å². The Balaban J connectivity index is 1.62. The van der Waals surface area contributed by atoms with Gasteiger partial charge in [0, 0.05) is 23.5 Å². The number of nitrogens with zero attached hydrogens (tertiary/aromatic N) is 4. The molecule has 7 heteroatoms. The van der Waals surface area contributed by atoms with Gasteiger partial charge in [0.1, 0.15) is 5.75 Å². The first-order chi connectivity index (χ1) is 12.7.